The minimum atomic E-state index is -3.69. The second-order valence-corrected chi connectivity index (χ2v) is 6.33. The molecule has 20 heavy (non-hydrogen) atoms. The standard InChI is InChI=1S/C11H16FN3O4S/c1-8(2)13-3-4-20(18,19)14-10-5-9(12)6-11(7-10)15(16)17/h5-8,13-14H,3-4H2,1-2H3. The zero-order valence-electron chi connectivity index (χ0n) is 11.1. The maximum Gasteiger partial charge on any atom is 0.274 e. The van der Waals surface area contributed by atoms with Crippen LogP contribution in [0.2, 0.25) is 0 Å². The lowest BCUT2D eigenvalue weighted by Gasteiger charge is -2.10. The molecule has 2 N–H and O–H groups in total. The highest BCUT2D eigenvalue weighted by molar-refractivity contribution is 7.92. The van der Waals surface area contributed by atoms with Crippen molar-refractivity contribution in [2.24, 2.45) is 0 Å². The first kappa shape index (κ1) is 16.3. The highest BCUT2D eigenvalue weighted by Crippen LogP contribution is 2.20. The van der Waals surface area contributed by atoms with E-state index in [2.05, 4.69) is 10.0 Å². The molecule has 0 amide bonds. The molecule has 0 heterocycles. The number of sulfonamides is 1. The van der Waals surface area contributed by atoms with Gasteiger partial charge in [-0.3, -0.25) is 14.8 Å². The molecule has 9 heteroatoms. The molecule has 0 aliphatic heterocycles. The second-order valence-electron chi connectivity index (χ2n) is 4.48. The van der Waals surface area contributed by atoms with Gasteiger partial charge in [0.2, 0.25) is 10.0 Å². The van der Waals surface area contributed by atoms with Gasteiger partial charge < -0.3 is 5.32 Å². The number of halogens is 1. The van der Waals surface area contributed by atoms with Gasteiger partial charge >= 0.3 is 0 Å². The van der Waals surface area contributed by atoms with Crippen LogP contribution in [0.25, 0.3) is 0 Å². The first-order valence-electron chi connectivity index (χ1n) is 5.88. The third-order valence-electron chi connectivity index (χ3n) is 2.29. The number of nitrogens with one attached hydrogen (secondary N) is 2. The Balaban J connectivity index is 2.79. The average molecular weight is 305 g/mol. The normalized spacial score (nSPS) is 11.6. The smallest absolute Gasteiger partial charge is 0.274 e. The zero-order valence-corrected chi connectivity index (χ0v) is 11.9. The number of nitro benzene ring substituents is 1. The van der Waals surface area contributed by atoms with Crippen LogP contribution < -0.4 is 10.0 Å². The van der Waals surface area contributed by atoms with Crippen LogP contribution in [-0.2, 0) is 10.0 Å². The highest BCUT2D eigenvalue weighted by Gasteiger charge is 2.15. The van der Waals surface area contributed by atoms with E-state index < -0.39 is 26.5 Å². The molecule has 1 aromatic carbocycles. The Morgan fingerprint density at radius 1 is 1.35 bits per heavy atom. The van der Waals surface area contributed by atoms with Gasteiger partial charge in [0.15, 0.2) is 0 Å². The zero-order chi connectivity index (χ0) is 15.3. The maximum absolute atomic E-state index is 13.2. The number of hydrogen-bond donors (Lipinski definition) is 2. The molecule has 0 saturated carbocycles. The van der Waals surface area contributed by atoms with Gasteiger partial charge in [-0.15, -0.1) is 0 Å². The largest absolute Gasteiger partial charge is 0.313 e. The number of non-ortho nitro benzene ring substituents is 1. The monoisotopic (exact) mass is 305 g/mol. The summed E-state index contributed by atoms with van der Waals surface area (Å²) in [6, 6.07) is 2.72. The minimum Gasteiger partial charge on any atom is -0.313 e. The second kappa shape index (κ2) is 6.62. The van der Waals surface area contributed by atoms with E-state index in [1.165, 1.54) is 0 Å². The molecule has 0 atom stereocenters. The van der Waals surface area contributed by atoms with Crippen LogP contribution in [0.3, 0.4) is 0 Å². The summed E-state index contributed by atoms with van der Waals surface area (Å²) >= 11 is 0. The quantitative estimate of drug-likeness (QED) is 0.587. The lowest BCUT2D eigenvalue weighted by molar-refractivity contribution is -0.385. The van der Waals surface area contributed by atoms with E-state index in [-0.39, 0.29) is 24.0 Å². The van der Waals surface area contributed by atoms with Crippen LogP contribution in [0.1, 0.15) is 13.8 Å². The van der Waals surface area contributed by atoms with Crippen LogP contribution in [0.5, 0.6) is 0 Å². The number of nitrogens with zero attached hydrogens (tertiary/aromatic N) is 1. The van der Waals surface area contributed by atoms with Crippen LogP contribution in [-0.4, -0.2) is 31.7 Å². The number of benzene rings is 1. The lowest BCUT2D eigenvalue weighted by Crippen LogP contribution is -2.30. The SMILES string of the molecule is CC(C)NCCS(=O)(=O)Nc1cc(F)cc([N+](=O)[O-])c1. The molecule has 112 valence electrons. The molecule has 0 radical (unpaired) electrons. The predicted molar refractivity (Wildman–Crippen MR) is 73.6 cm³/mol. The van der Waals surface area contributed by atoms with Gasteiger partial charge in [-0.2, -0.15) is 0 Å². The molecule has 0 unspecified atom stereocenters. The van der Waals surface area contributed by atoms with E-state index >= 15 is 0 Å². The van der Waals surface area contributed by atoms with Crippen molar-refractivity contribution in [1.82, 2.24) is 5.32 Å². The summed E-state index contributed by atoms with van der Waals surface area (Å²) in [5, 5.41) is 13.5. The molecular weight excluding hydrogens is 289 g/mol. The molecule has 0 spiro atoms. The van der Waals surface area contributed by atoms with E-state index in [1.807, 2.05) is 13.8 Å². The van der Waals surface area contributed by atoms with Gasteiger partial charge in [0, 0.05) is 18.7 Å². The Morgan fingerprint density at radius 2 is 2.00 bits per heavy atom. The molecule has 1 aromatic rings. The maximum atomic E-state index is 13.2. The van der Waals surface area contributed by atoms with E-state index in [4.69, 9.17) is 0 Å². The summed E-state index contributed by atoms with van der Waals surface area (Å²) in [5.41, 5.74) is -0.677. The number of hydrogen-bond acceptors (Lipinski definition) is 5. The molecule has 1 rings (SSSR count). The van der Waals surface area contributed by atoms with Gasteiger partial charge in [0.25, 0.3) is 5.69 Å². The van der Waals surface area contributed by atoms with Crippen molar-refractivity contribution in [1.29, 1.82) is 0 Å². The Hall–Kier alpha value is -1.74. The fourth-order valence-electron chi connectivity index (χ4n) is 1.45. The third kappa shape index (κ3) is 5.49. The van der Waals surface area contributed by atoms with Gasteiger partial charge in [-0.05, 0) is 6.07 Å². The molecular formula is C11H16FN3O4S. The lowest BCUT2D eigenvalue weighted by atomic mass is 10.3. The Labute approximate surface area is 116 Å². The predicted octanol–water partition coefficient (Wildman–Crippen LogP) is 1.47. The molecule has 0 aliphatic rings. The molecule has 7 nitrogen and oxygen atoms in total. The average Bonchev–Trinajstić information content (AvgIpc) is 2.26. The fraction of sp³-hybridized carbons (Fsp3) is 0.455. The van der Waals surface area contributed by atoms with Gasteiger partial charge in [-0.1, -0.05) is 13.8 Å². The van der Waals surface area contributed by atoms with Crippen LogP contribution >= 0.6 is 0 Å². The van der Waals surface area contributed by atoms with Crippen molar-refractivity contribution in [2.45, 2.75) is 19.9 Å². The van der Waals surface area contributed by atoms with Crippen molar-refractivity contribution in [3.8, 4) is 0 Å². The van der Waals surface area contributed by atoms with Crippen molar-refractivity contribution < 1.29 is 17.7 Å². The third-order valence-corrected chi connectivity index (χ3v) is 3.58. The van der Waals surface area contributed by atoms with Crippen LogP contribution in [0.4, 0.5) is 15.8 Å². The summed E-state index contributed by atoms with van der Waals surface area (Å²) in [5.74, 6) is -1.09. The van der Waals surface area contributed by atoms with Crippen molar-refractivity contribution in [3.05, 3.63) is 34.1 Å². The topological polar surface area (TPSA) is 101 Å². The number of nitro groups is 1. The van der Waals surface area contributed by atoms with Crippen molar-refractivity contribution in [3.63, 3.8) is 0 Å². The first-order valence-corrected chi connectivity index (χ1v) is 7.54. The molecule has 0 aliphatic carbocycles. The number of anilines is 1. The molecule has 0 aromatic heterocycles. The summed E-state index contributed by atoms with van der Waals surface area (Å²) in [4.78, 5) is 9.78. The van der Waals surface area contributed by atoms with Crippen LogP contribution in [0.15, 0.2) is 18.2 Å². The fourth-order valence-corrected chi connectivity index (χ4v) is 2.42. The molecule has 0 bridgehead atoms. The first-order chi connectivity index (χ1) is 9.19. The Morgan fingerprint density at radius 3 is 2.55 bits per heavy atom. The number of rotatable bonds is 7. The van der Waals surface area contributed by atoms with E-state index in [1.54, 1.807) is 0 Å². The van der Waals surface area contributed by atoms with Crippen LogP contribution in [0, 0.1) is 15.9 Å². The van der Waals surface area contributed by atoms with E-state index in [9.17, 15) is 22.9 Å². The van der Waals surface area contributed by atoms with Crippen molar-refractivity contribution in [2.75, 3.05) is 17.0 Å². The summed E-state index contributed by atoms with van der Waals surface area (Å²) in [6.07, 6.45) is 0. The van der Waals surface area contributed by atoms with Gasteiger partial charge in [-0.25, -0.2) is 12.8 Å². The van der Waals surface area contributed by atoms with Crippen molar-refractivity contribution >= 4 is 21.4 Å². The van der Waals surface area contributed by atoms with E-state index in [0.717, 1.165) is 18.2 Å². The van der Waals surface area contributed by atoms with Gasteiger partial charge in [0.05, 0.1) is 22.4 Å². The summed E-state index contributed by atoms with van der Waals surface area (Å²) in [6.45, 7) is 3.97. The molecule has 0 fully saturated rings. The Kier molecular flexibility index (Phi) is 5.40. The summed E-state index contributed by atoms with van der Waals surface area (Å²) in [7, 11) is -3.69. The van der Waals surface area contributed by atoms with Gasteiger partial charge in [0.1, 0.15) is 5.82 Å². The Bertz CT molecular complexity index is 589. The molecule has 0 saturated heterocycles. The minimum absolute atomic E-state index is 0.139. The summed E-state index contributed by atoms with van der Waals surface area (Å²) < 4.78 is 38.7. The highest BCUT2D eigenvalue weighted by atomic mass is 32.2. The van der Waals surface area contributed by atoms with E-state index in [0.29, 0.717) is 0 Å².